The number of hydrogen-bond acceptors (Lipinski definition) is 8. The summed E-state index contributed by atoms with van der Waals surface area (Å²) >= 11 is 0. The van der Waals surface area contributed by atoms with Gasteiger partial charge >= 0.3 is 0 Å². The van der Waals surface area contributed by atoms with Crippen molar-refractivity contribution < 1.29 is 9.53 Å². The predicted octanol–water partition coefficient (Wildman–Crippen LogP) is 4.44. The molecule has 3 atom stereocenters. The summed E-state index contributed by atoms with van der Waals surface area (Å²) in [4.78, 5) is 31.7. The molecule has 2 N–H and O–H groups in total. The molecule has 0 spiro atoms. The first-order chi connectivity index (χ1) is 23.0. The molecule has 11 nitrogen and oxygen atoms in total. The van der Waals surface area contributed by atoms with E-state index < -0.39 is 0 Å². The van der Waals surface area contributed by atoms with Gasteiger partial charge in [-0.3, -0.25) is 4.79 Å². The Hall–Kier alpha value is -4.95. The van der Waals surface area contributed by atoms with E-state index in [0.29, 0.717) is 47.9 Å². The number of methoxy groups -OCH3 is 1. The van der Waals surface area contributed by atoms with Gasteiger partial charge in [-0.2, -0.15) is 5.26 Å². The van der Waals surface area contributed by atoms with Crippen molar-refractivity contribution in [2.75, 3.05) is 31.6 Å². The number of imidazole rings is 1. The highest BCUT2D eigenvalue weighted by Crippen LogP contribution is 2.41. The van der Waals surface area contributed by atoms with Gasteiger partial charge in [-0.15, -0.1) is 0 Å². The van der Waals surface area contributed by atoms with Crippen molar-refractivity contribution in [2.45, 2.75) is 50.9 Å². The first kappa shape index (κ1) is 28.3. The molecule has 5 heterocycles. The van der Waals surface area contributed by atoms with Crippen LogP contribution in [-0.4, -0.2) is 73.7 Å². The van der Waals surface area contributed by atoms with Gasteiger partial charge in [0.25, 0.3) is 5.91 Å². The highest BCUT2D eigenvalue weighted by molar-refractivity contribution is 6.00. The number of ether oxygens (including phenoxy) is 1. The van der Waals surface area contributed by atoms with E-state index in [2.05, 4.69) is 60.4 Å². The minimum atomic E-state index is -0.000177. The average molecular weight is 628 g/mol. The summed E-state index contributed by atoms with van der Waals surface area (Å²) in [5.41, 5.74) is 12.1. The van der Waals surface area contributed by atoms with E-state index in [0.717, 1.165) is 60.7 Å². The number of hydrogen-bond donors (Lipinski definition) is 1. The van der Waals surface area contributed by atoms with Crippen LogP contribution >= 0.6 is 0 Å². The van der Waals surface area contributed by atoms with Crippen LogP contribution in [0.5, 0.6) is 5.75 Å². The Morgan fingerprint density at radius 3 is 2.62 bits per heavy atom. The molecule has 9 rings (SSSR count). The Bertz CT molecular complexity index is 2080. The van der Waals surface area contributed by atoms with Crippen molar-refractivity contribution >= 4 is 33.5 Å². The van der Waals surface area contributed by atoms with Crippen molar-refractivity contribution in [3.63, 3.8) is 0 Å². The predicted molar refractivity (Wildman–Crippen MR) is 178 cm³/mol. The van der Waals surface area contributed by atoms with Gasteiger partial charge in [-0.25, -0.2) is 15.0 Å². The quantitative estimate of drug-likeness (QED) is 0.267. The molecular formula is C36H37N9O2. The van der Waals surface area contributed by atoms with Gasteiger partial charge in [-0.05, 0) is 61.8 Å². The van der Waals surface area contributed by atoms with E-state index in [1.54, 1.807) is 13.3 Å². The maximum atomic E-state index is 13.9. The lowest BCUT2D eigenvalue weighted by Crippen LogP contribution is -2.49. The summed E-state index contributed by atoms with van der Waals surface area (Å²) < 4.78 is 10.8. The summed E-state index contributed by atoms with van der Waals surface area (Å²) in [6, 6.07) is 17.0. The van der Waals surface area contributed by atoms with Gasteiger partial charge in [0.05, 0.1) is 30.2 Å². The van der Waals surface area contributed by atoms with E-state index in [4.69, 9.17) is 15.5 Å². The summed E-state index contributed by atoms with van der Waals surface area (Å²) in [6.07, 6.45) is 7.68. The second-order valence-electron chi connectivity index (χ2n) is 13.8. The minimum Gasteiger partial charge on any atom is -0.494 e. The number of nitriles is 1. The molecule has 2 aliphatic carbocycles. The normalized spacial score (nSPS) is 22.3. The maximum Gasteiger partial charge on any atom is 0.254 e. The third kappa shape index (κ3) is 4.57. The number of amides is 1. The van der Waals surface area contributed by atoms with Crippen molar-refractivity contribution in [3.8, 4) is 23.3 Å². The molecular weight excluding hydrogens is 590 g/mol. The Labute approximate surface area is 272 Å². The number of fused-ring (bicyclic) bond motifs is 4. The minimum absolute atomic E-state index is 0.000177. The topological polar surface area (TPSA) is 131 Å². The number of likely N-dealkylation sites (tertiary alicyclic amines) is 1. The van der Waals surface area contributed by atoms with Crippen LogP contribution in [0.25, 0.3) is 33.5 Å². The second kappa shape index (κ2) is 10.8. The Balaban J connectivity index is 1.14. The van der Waals surface area contributed by atoms with Gasteiger partial charge in [0, 0.05) is 67.2 Å². The molecule has 0 radical (unpaired) electrons. The largest absolute Gasteiger partial charge is 0.494 e. The van der Waals surface area contributed by atoms with Crippen molar-refractivity contribution in [1.82, 2.24) is 29.0 Å². The fraction of sp³-hybridized carbons (Fsp3) is 0.417. The lowest BCUT2D eigenvalue weighted by molar-refractivity contribution is 0.0700. The number of benzene rings is 2. The molecule has 0 unspecified atom stereocenters. The van der Waals surface area contributed by atoms with E-state index >= 15 is 0 Å². The summed E-state index contributed by atoms with van der Waals surface area (Å²) in [5, 5.41) is 10.8. The third-order valence-corrected chi connectivity index (χ3v) is 10.9. The Morgan fingerprint density at radius 1 is 1.04 bits per heavy atom. The monoisotopic (exact) mass is 627 g/mol. The van der Waals surface area contributed by atoms with Crippen LogP contribution in [0.15, 0.2) is 55.0 Å². The second-order valence-corrected chi connectivity index (χ2v) is 13.8. The third-order valence-electron chi connectivity index (χ3n) is 10.9. The molecule has 11 heteroatoms. The van der Waals surface area contributed by atoms with Gasteiger partial charge in [0.2, 0.25) is 0 Å². The van der Waals surface area contributed by atoms with Crippen molar-refractivity contribution in [2.24, 2.45) is 23.5 Å². The Kier molecular flexibility index (Phi) is 6.51. The first-order valence-electron chi connectivity index (χ1n) is 16.7. The van der Waals surface area contributed by atoms with Gasteiger partial charge in [0.1, 0.15) is 23.7 Å². The van der Waals surface area contributed by atoms with Gasteiger partial charge in [-0.1, -0.05) is 18.2 Å². The van der Waals surface area contributed by atoms with Crippen LogP contribution < -0.4 is 15.4 Å². The maximum absolute atomic E-state index is 13.9. The molecule has 3 aromatic heterocycles. The number of para-hydroxylation sites is 1. The summed E-state index contributed by atoms with van der Waals surface area (Å²) in [6.45, 7) is 3.90. The molecule has 5 aromatic rings. The number of rotatable bonds is 8. The average Bonchev–Trinajstić information content (AvgIpc) is 3.44. The number of nitrogens with zero attached hydrogens (tertiary/aromatic N) is 8. The van der Waals surface area contributed by atoms with E-state index in [1.807, 2.05) is 17.0 Å². The lowest BCUT2D eigenvalue weighted by atomic mass is 9.98. The number of aromatic nitrogens is 5. The zero-order chi connectivity index (χ0) is 31.8. The van der Waals surface area contributed by atoms with Crippen molar-refractivity contribution in [3.05, 3.63) is 66.2 Å². The van der Waals surface area contributed by atoms with Gasteiger partial charge in [0.15, 0.2) is 11.5 Å². The molecule has 2 aliphatic heterocycles. The molecule has 2 saturated carbocycles. The molecule has 2 bridgehead atoms. The number of piperidine rings is 1. The number of carbonyl (C=O) groups is 1. The van der Waals surface area contributed by atoms with Crippen LogP contribution in [0.4, 0.5) is 5.69 Å². The summed E-state index contributed by atoms with van der Waals surface area (Å²) in [5.74, 6) is 2.86. The first-order valence-corrected chi connectivity index (χ1v) is 16.7. The SMILES string of the molecule is COc1cc(C(=O)N2C[C@H]3CC[C@@H]2[C@@H]3N)cc2nc(-c3cc4ccccc4n3CC3CC3)n(CC3CN(c4cncnc4C#N)C3)c12. The van der Waals surface area contributed by atoms with Gasteiger partial charge < -0.3 is 29.4 Å². The Morgan fingerprint density at radius 2 is 1.87 bits per heavy atom. The molecule has 47 heavy (non-hydrogen) atoms. The number of carbonyl (C=O) groups excluding carboxylic acids is 1. The van der Waals surface area contributed by atoms with E-state index in [1.165, 1.54) is 30.1 Å². The molecule has 238 valence electrons. The fourth-order valence-electron chi connectivity index (χ4n) is 8.26. The molecule has 2 aromatic carbocycles. The molecule has 2 saturated heterocycles. The zero-order valence-corrected chi connectivity index (χ0v) is 26.4. The highest BCUT2D eigenvalue weighted by Gasteiger charge is 2.47. The number of nitrogens with two attached hydrogens (primary N) is 1. The summed E-state index contributed by atoms with van der Waals surface area (Å²) in [7, 11) is 1.67. The van der Waals surface area contributed by atoms with Crippen LogP contribution in [-0.2, 0) is 13.1 Å². The van der Waals surface area contributed by atoms with Crippen LogP contribution in [0.1, 0.15) is 41.7 Å². The number of anilines is 1. The van der Waals surface area contributed by atoms with E-state index in [9.17, 15) is 10.1 Å². The van der Waals surface area contributed by atoms with Crippen LogP contribution in [0.2, 0.25) is 0 Å². The van der Waals surface area contributed by atoms with Crippen LogP contribution in [0.3, 0.4) is 0 Å². The molecule has 1 amide bonds. The van der Waals surface area contributed by atoms with E-state index in [-0.39, 0.29) is 18.0 Å². The smallest absolute Gasteiger partial charge is 0.254 e. The van der Waals surface area contributed by atoms with Crippen molar-refractivity contribution in [1.29, 1.82) is 5.26 Å². The van der Waals surface area contributed by atoms with Crippen LogP contribution in [0, 0.1) is 29.1 Å². The molecule has 4 aliphatic rings. The molecule has 4 fully saturated rings. The highest BCUT2D eigenvalue weighted by atomic mass is 16.5. The fourth-order valence-corrected chi connectivity index (χ4v) is 8.26. The lowest BCUT2D eigenvalue weighted by Gasteiger charge is -2.41. The standard InChI is InChI=1S/C36H37N9O2/c1-47-32-12-25(36(46)44-19-24-8-9-29(44)33(24)38)10-26-34(32)45(18-22-15-42(16-22)31-14-39-20-40-27(31)13-37)35(41-26)30-11-23-4-2-3-5-28(23)43(30)17-21-6-7-21/h2-5,10-12,14,20-22,24,29,33H,6-9,15-19,38H2,1H3/t24-,29-,33-/m1/s1. The zero-order valence-electron chi connectivity index (χ0n) is 26.4.